The molecule has 0 aliphatic rings. The predicted molar refractivity (Wildman–Crippen MR) is 132 cm³/mol. The summed E-state index contributed by atoms with van der Waals surface area (Å²) in [5, 5.41) is 16.9. The van der Waals surface area contributed by atoms with E-state index < -0.39 is 18.0 Å². The van der Waals surface area contributed by atoms with Gasteiger partial charge in [-0.2, -0.15) is 0 Å². The Labute approximate surface area is 205 Å². The minimum absolute atomic E-state index is 0.196. The van der Waals surface area contributed by atoms with Crippen LogP contribution >= 0.6 is 0 Å². The lowest BCUT2D eigenvalue weighted by Crippen LogP contribution is -2.48. The van der Waals surface area contributed by atoms with Crippen LogP contribution in [-0.4, -0.2) is 49.9 Å². The zero-order valence-electron chi connectivity index (χ0n) is 20.1. The van der Waals surface area contributed by atoms with Gasteiger partial charge in [0.05, 0.1) is 14.2 Å². The molecule has 190 valence electrons. The average molecular weight is 487 g/mol. The molecule has 4 amide bonds. The fraction of sp³-hybridized carbons (Fsp3) is 0.400. The standard InChI is InChI=1S/C25H34N4O6/c1-34-21-14-13-18(17-22(21)35-2)15-16-26-25(32)28-20(11-7-4-8-12-23(30)29-33)24(31)27-19-9-5-3-6-10-19/h3,5-6,9-10,13-14,17,20,33H,4,7-8,11-12,15-16H2,1-2H3,(H,27,31)(H,29,30)(H2,26,28,32)/t20-/m0/s1. The molecule has 35 heavy (non-hydrogen) atoms. The lowest BCUT2D eigenvalue weighted by molar-refractivity contribution is -0.129. The highest BCUT2D eigenvalue weighted by molar-refractivity contribution is 5.96. The Morgan fingerprint density at radius 1 is 0.943 bits per heavy atom. The van der Waals surface area contributed by atoms with Crippen LogP contribution in [0.5, 0.6) is 11.5 Å². The number of unbranched alkanes of at least 4 members (excludes halogenated alkanes) is 2. The largest absolute Gasteiger partial charge is 0.493 e. The van der Waals surface area contributed by atoms with E-state index in [0.29, 0.717) is 55.8 Å². The molecule has 10 nitrogen and oxygen atoms in total. The minimum atomic E-state index is -0.747. The van der Waals surface area contributed by atoms with Gasteiger partial charge >= 0.3 is 6.03 Å². The molecule has 1 atom stereocenters. The maximum atomic E-state index is 12.8. The van der Waals surface area contributed by atoms with Gasteiger partial charge in [-0.05, 0) is 49.1 Å². The molecular weight excluding hydrogens is 452 g/mol. The summed E-state index contributed by atoms with van der Waals surface area (Å²) >= 11 is 0. The number of carbonyl (C=O) groups is 3. The van der Waals surface area contributed by atoms with Crippen LogP contribution in [0.3, 0.4) is 0 Å². The van der Waals surface area contributed by atoms with Crippen LogP contribution in [0.15, 0.2) is 48.5 Å². The second kappa shape index (κ2) is 15.2. The Balaban J connectivity index is 1.88. The number of carbonyl (C=O) groups excluding carboxylic acids is 3. The van der Waals surface area contributed by atoms with Crippen molar-refractivity contribution in [1.29, 1.82) is 0 Å². The first-order valence-electron chi connectivity index (χ1n) is 11.5. The van der Waals surface area contributed by atoms with Gasteiger partial charge in [0, 0.05) is 18.7 Å². The fourth-order valence-corrected chi connectivity index (χ4v) is 3.45. The van der Waals surface area contributed by atoms with Crippen molar-refractivity contribution in [3.8, 4) is 11.5 Å². The number of urea groups is 1. The first-order chi connectivity index (χ1) is 17.0. The van der Waals surface area contributed by atoms with Crippen LogP contribution in [-0.2, 0) is 16.0 Å². The molecule has 0 radical (unpaired) electrons. The van der Waals surface area contributed by atoms with Crippen molar-refractivity contribution in [3.63, 3.8) is 0 Å². The Kier molecular flexibility index (Phi) is 11.9. The van der Waals surface area contributed by atoms with Crippen molar-refractivity contribution < 1.29 is 29.1 Å². The lowest BCUT2D eigenvalue weighted by atomic mass is 10.1. The van der Waals surface area contributed by atoms with E-state index in [0.717, 1.165) is 5.56 Å². The first-order valence-corrected chi connectivity index (χ1v) is 11.5. The zero-order chi connectivity index (χ0) is 25.5. The van der Waals surface area contributed by atoms with E-state index in [9.17, 15) is 14.4 Å². The van der Waals surface area contributed by atoms with Crippen LogP contribution in [0, 0.1) is 0 Å². The van der Waals surface area contributed by atoms with Crippen LogP contribution in [0.1, 0.15) is 37.7 Å². The highest BCUT2D eigenvalue weighted by atomic mass is 16.5. The maximum absolute atomic E-state index is 12.8. The summed E-state index contributed by atoms with van der Waals surface area (Å²) in [6.07, 6.45) is 3.03. The van der Waals surface area contributed by atoms with Crippen molar-refractivity contribution >= 4 is 23.5 Å². The third-order valence-corrected chi connectivity index (χ3v) is 5.33. The summed E-state index contributed by atoms with van der Waals surface area (Å²) in [5.41, 5.74) is 3.20. The van der Waals surface area contributed by atoms with E-state index in [1.807, 2.05) is 36.4 Å². The van der Waals surface area contributed by atoms with E-state index in [-0.39, 0.29) is 12.3 Å². The smallest absolute Gasteiger partial charge is 0.315 e. The molecule has 0 saturated carbocycles. The van der Waals surface area contributed by atoms with Gasteiger partial charge in [0.1, 0.15) is 6.04 Å². The van der Waals surface area contributed by atoms with Gasteiger partial charge in [-0.1, -0.05) is 37.1 Å². The molecule has 2 aromatic rings. The molecule has 0 bridgehead atoms. The SMILES string of the molecule is COc1ccc(CCNC(=O)N[C@@H](CCCCCC(=O)NO)C(=O)Nc2ccccc2)cc1OC. The topological polar surface area (TPSA) is 138 Å². The Morgan fingerprint density at radius 3 is 2.37 bits per heavy atom. The van der Waals surface area contributed by atoms with E-state index >= 15 is 0 Å². The Morgan fingerprint density at radius 2 is 1.69 bits per heavy atom. The minimum Gasteiger partial charge on any atom is -0.493 e. The van der Waals surface area contributed by atoms with Gasteiger partial charge in [-0.15, -0.1) is 0 Å². The van der Waals surface area contributed by atoms with Crippen LogP contribution in [0.4, 0.5) is 10.5 Å². The van der Waals surface area contributed by atoms with E-state index in [1.54, 1.807) is 31.8 Å². The molecule has 0 spiro atoms. The van der Waals surface area contributed by atoms with Gasteiger partial charge in [0.15, 0.2) is 11.5 Å². The number of hydroxylamine groups is 1. The van der Waals surface area contributed by atoms with Gasteiger partial charge < -0.3 is 25.4 Å². The molecule has 0 fully saturated rings. The number of para-hydroxylation sites is 1. The summed E-state index contributed by atoms with van der Waals surface area (Å²) in [5.74, 6) is 0.476. The number of hydrogen-bond donors (Lipinski definition) is 5. The average Bonchev–Trinajstić information content (AvgIpc) is 2.87. The number of hydrogen-bond acceptors (Lipinski definition) is 6. The molecule has 10 heteroatoms. The molecule has 0 aliphatic carbocycles. The summed E-state index contributed by atoms with van der Waals surface area (Å²) < 4.78 is 10.5. The summed E-state index contributed by atoms with van der Waals surface area (Å²) in [6.45, 7) is 0.366. The summed E-state index contributed by atoms with van der Waals surface area (Å²) in [7, 11) is 3.13. The molecule has 5 N–H and O–H groups in total. The van der Waals surface area contributed by atoms with Crippen LogP contribution < -0.4 is 30.9 Å². The predicted octanol–water partition coefficient (Wildman–Crippen LogP) is 3.01. The summed E-state index contributed by atoms with van der Waals surface area (Å²) in [6, 6.07) is 13.4. The normalized spacial score (nSPS) is 11.2. The molecule has 2 aromatic carbocycles. The number of nitrogens with one attached hydrogen (secondary N) is 4. The Bertz CT molecular complexity index is 954. The fourth-order valence-electron chi connectivity index (χ4n) is 3.45. The number of methoxy groups -OCH3 is 2. The third kappa shape index (κ3) is 9.93. The second-order valence-corrected chi connectivity index (χ2v) is 7.88. The summed E-state index contributed by atoms with van der Waals surface area (Å²) in [4.78, 5) is 36.5. The quantitative estimate of drug-likeness (QED) is 0.158. The van der Waals surface area contributed by atoms with Gasteiger partial charge in [-0.3, -0.25) is 14.8 Å². The van der Waals surface area contributed by atoms with Crippen LogP contribution in [0.25, 0.3) is 0 Å². The Hall–Kier alpha value is -3.79. The van der Waals surface area contributed by atoms with E-state index in [4.69, 9.17) is 14.7 Å². The highest BCUT2D eigenvalue weighted by Crippen LogP contribution is 2.27. The molecule has 0 aromatic heterocycles. The number of ether oxygens (including phenoxy) is 2. The third-order valence-electron chi connectivity index (χ3n) is 5.33. The maximum Gasteiger partial charge on any atom is 0.315 e. The number of rotatable bonds is 14. The second-order valence-electron chi connectivity index (χ2n) is 7.88. The van der Waals surface area contributed by atoms with Gasteiger partial charge in [0.2, 0.25) is 11.8 Å². The molecule has 0 heterocycles. The van der Waals surface area contributed by atoms with E-state index in [1.165, 1.54) is 0 Å². The molecule has 2 rings (SSSR count). The molecule has 0 unspecified atom stereocenters. The lowest BCUT2D eigenvalue weighted by Gasteiger charge is -2.19. The van der Waals surface area contributed by atoms with Gasteiger partial charge in [-0.25, -0.2) is 10.3 Å². The van der Waals surface area contributed by atoms with E-state index in [2.05, 4.69) is 16.0 Å². The van der Waals surface area contributed by atoms with Crippen molar-refractivity contribution in [2.24, 2.45) is 0 Å². The van der Waals surface area contributed by atoms with Crippen molar-refractivity contribution in [2.45, 2.75) is 44.6 Å². The zero-order valence-corrected chi connectivity index (χ0v) is 20.1. The molecule has 0 aliphatic heterocycles. The number of anilines is 1. The first kappa shape index (κ1) is 27.5. The number of benzene rings is 2. The molecule has 0 saturated heterocycles. The monoisotopic (exact) mass is 486 g/mol. The number of amides is 4. The highest BCUT2D eigenvalue weighted by Gasteiger charge is 2.20. The van der Waals surface area contributed by atoms with Crippen LogP contribution in [0.2, 0.25) is 0 Å². The van der Waals surface area contributed by atoms with Crippen molar-refractivity contribution in [1.82, 2.24) is 16.1 Å². The van der Waals surface area contributed by atoms with Crippen molar-refractivity contribution in [3.05, 3.63) is 54.1 Å². The molecular formula is C25H34N4O6. The van der Waals surface area contributed by atoms with Gasteiger partial charge in [0.25, 0.3) is 0 Å². The van der Waals surface area contributed by atoms with Crippen molar-refractivity contribution in [2.75, 3.05) is 26.1 Å².